The number of halogens is 1. The van der Waals surface area contributed by atoms with Crippen molar-refractivity contribution in [2.75, 3.05) is 0 Å². The van der Waals surface area contributed by atoms with Gasteiger partial charge in [-0.15, -0.1) is 0 Å². The summed E-state index contributed by atoms with van der Waals surface area (Å²) in [6.07, 6.45) is 2.45. The molecule has 1 aliphatic rings. The molecule has 3 aromatic rings. The Balaban J connectivity index is 1.80. The summed E-state index contributed by atoms with van der Waals surface area (Å²) >= 11 is 6.33. The van der Waals surface area contributed by atoms with Crippen LogP contribution in [-0.2, 0) is 4.79 Å². The van der Waals surface area contributed by atoms with E-state index in [0.717, 1.165) is 11.1 Å². The monoisotopic (exact) mass is 406 g/mol. The van der Waals surface area contributed by atoms with Gasteiger partial charge in [0, 0.05) is 11.8 Å². The molecule has 2 unspecified atom stereocenters. The smallest absolute Gasteiger partial charge is 0.326 e. The summed E-state index contributed by atoms with van der Waals surface area (Å²) in [5, 5.41) is 10.2. The summed E-state index contributed by atoms with van der Waals surface area (Å²) in [7, 11) is 0. The molecule has 1 aromatic heterocycles. The lowest BCUT2D eigenvalue weighted by atomic mass is 9.98. The van der Waals surface area contributed by atoms with Crippen LogP contribution in [0, 0.1) is 0 Å². The van der Waals surface area contributed by atoms with Crippen LogP contribution < -0.4 is 0 Å². The fourth-order valence-corrected chi connectivity index (χ4v) is 4.17. The molecule has 4 rings (SSSR count). The highest BCUT2D eigenvalue weighted by atomic mass is 35.5. The summed E-state index contributed by atoms with van der Waals surface area (Å²) in [5.41, 5.74) is 2.65. The van der Waals surface area contributed by atoms with Crippen LogP contribution in [0.1, 0.15) is 34.9 Å². The van der Waals surface area contributed by atoms with Crippen LogP contribution >= 0.6 is 11.6 Å². The van der Waals surface area contributed by atoms with Gasteiger partial charge >= 0.3 is 5.97 Å². The van der Waals surface area contributed by atoms with Gasteiger partial charge in [0.25, 0.3) is 5.91 Å². The van der Waals surface area contributed by atoms with Crippen molar-refractivity contribution in [3.8, 4) is 11.1 Å². The van der Waals surface area contributed by atoms with E-state index in [1.807, 2.05) is 42.5 Å². The van der Waals surface area contributed by atoms with E-state index in [1.165, 1.54) is 4.90 Å². The molecule has 1 amide bonds. The standard InChI is InChI=1S/C23H19ClN2O3/c24-18-11-6-14-25-21(18)19-12-13-20(23(28)29)26(19)22(27)17-10-5-4-9-16(17)15-7-2-1-3-8-15/h1-11,14,19-20H,12-13H2,(H,28,29). The molecule has 0 radical (unpaired) electrons. The molecule has 0 spiro atoms. The SMILES string of the molecule is O=C(O)C1CCC(c2ncccc2Cl)N1C(=O)c1ccccc1-c1ccccc1. The van der Waals surface area contributed by atoms with Crippen molar-refractivity contribution >= 4 is 23.5 Å². The Labute approximate surface area is 173 Å². The Hall–Kier alpha value is -3.18. The minimum absolute atomic E-state index is 0.332. The number of carboxylic acids is 1. The molecular formula is C23H19ClN2O3. The second-order valence-corrected chi connectivity index (χ2v) is 7.35. The van der Waals surface area contributed by atoms with Crippen molar-refractivity contribution in [1.29, 1.82) is 0 Å². The van der Waals surface area contributed by atoms with Crippen LogP contribution in [0.5, 0.6) is 0 Å². The number of nitrogens with zero attached hydrogens (tertiary/aromatic N) is 2. The maximum Gasteiger partial charge on any atom is 0.326 e. The molecule has 2 heterocycles. The number of pyridine rings is 1. The third kappa shape index (κ3) is 3.61. The number of likely N-dealkylation sites (tertiary alicyclic amines) is 1. The highest BCUT2D eigenvalue weighted by Crippen LogP contribution is 2.40. The topological polar surface area (TPSA) is 70.5 Å². The van der Waals surface area contributed by atoms with Gasteiger partial charge in [-0.05, 0) is 42.2 Å². The Morgan fingerprint density at radius 1 is 0.966 bits per heavy atom. The van der Waals surface area contributed by atoms with Crippen molar-refractivity contribution in [2.45, 2.75) is 24.9 Å². The lowest BCUT2D eigenvalue weighted by Gasteiger charge is -2.29. The Kier molecular flexibility index (Phi) is 5.32. The van der Waals surface area contributed by atoms with Gasteiger partial charge in [0.15, 0.2) is 0 Å². The van der Waals surface area contributed by atoms with Gasteiger partial charge in [0.1, 0.15) is 6.04 Å². The molecule has 6 heteroatoms. The fraction of sp³-hybridized carbons (Fsp3) is 0.174. The summed E-state index contributed by atoms with van der Waals surface area (Å²) < 4.78 is 0. The molecule has 1 saturated heterocycles. The van der Waals surface area contributed by atoms with Crippen LogP contribution in [0.4, 0.5) is 0 Å². The first-order valence-electron chi connectivity index (χ1n) is 9.38. The molecule has 2 atom stereocenters. The van der Waals surface area contributed by atoms with Crippen molar-refractivity contribution < 1.29 is 14.7 Å². The molecule has 29 heavy (non-hydrogen) atoms. The first-order valence-corrected chi connectivity index (χ1v) is 9.76. The van der Waals surface area contributed by atoms with Crippen LogP contribution in [0.15, 0.2) is 72.9 Å². The predicted octanol–water partition coefficient (Wildman–Crippen LogP) is 4.83. The van der Waals surface area contributed by atoms with E-state index in [-0.39, 0.29) is 5.91 Å². The number of carboxylic acid groups (broad SMARTS) is 1. The fourth-order valence-electron chi connectivity index (χ4n) is 3.93. The third-order valence-corrected chi connectivity index (χ3v) is 5.57. The zero-order chi connectivity index (χ0) is 20.4. The highest BCUT2D eigenvalue weighted by Gasteiger charge is 2.43. The minimum atomic E-state index is -1.02. The number of amides is 1. The second kappa shape index (κ2) is 8.05. The molecule has 0 aliphatic carbocycles. The van der Waals surface area contributed by atoms with E-state index in [2.05, 4.69) is 4.98 Å². The van der Waals surface area contributed by atoms with E-state index in [9.17, 15) is 14.7 Å². The van der Waals surface area contributed by atoms with Crippen molar-refractivity contribution in [2.24, 2.45) is 0 Å². The first-order chi connectivity index (χ1) is 14.1. The van der Waals surface area contributed by atoms with Crippen molar-refractivity contribution in [3.05, 3.63) is 89.2 Å². The van der Waals surface area contributed by atoms with Crippen molar-refractivity contribution in [3.63, 3.8) is 0 Å². The average molecular weight is 407 g/mol. The number of carbonyl (C=O) groups is 2. The summed E-state index contributed by atoms with van der Waals surface area (Å²) in [6.45, 7) is 0. The molecular weight excluding hydrogens is 388 g/mol. The maximum atomic E-state index is 13.6. The van der Waals surface area contributed by atoms with E-state index >= 15 is 0 Å². The number of hydrogen-bond acceptors (Lipinski definition) is 3. The number of carbonyl (C=O) groups excluding carboxylic acids is 1. The number of benzene rings is 2. The number of aromatic nitrogens is 1. The van der Waals surface area contributed by atoms with Gasteiger partial charge < -0.3 is 10.0 Å². The molecule has 146 valence electrons. The Morgan fingerprint density at radius 3 is 2.41 bits per heavy atom. The quantitative estimate of drug-likeness (QED) is 0.673. The molecule has 1 fully saturated rings. The van der Waals surface area contributed by atoms with E-state index in [4.69, 9.17) is 11.6 Å². The normalized spacial score (nSPS) is 18.6. The largest absolute Gasteiger partial charge is 0.480 e. The Bertz CT molecular complexity index is 1050. The molecule has 0 saturated carbocycles. The second-order valence-electron chi connectivity index (χ2n) is 6.94. The van der Waals surface area contributed by atoms with E-state index < -0.39 is 18.1 Å². The van der Waals surface area contributed by atoms with Gasteiger partial charge in [-0.1, -0.05) is 60.1 Å². The Morgan fingerprint density at radius 2 is 1.69 bits per heavy atom. The van der Waals surface area contributed by atoms with E-state index in [1.54, 1.807) is 30.5 Å². The molecule has 0 bridgehead atoms. The van der Waals surface area contributed by atoms with Crippen LogP contribution in [0.2, 0.25) is 5.02 Å². The average Bonchev–Trinajstić information content (AvgIpc) is 3.19. The predicted molar refractivity (Wildman–Crippen MR) is 111 cm³/mol. The van der Waals surface area contributed by atoms with Gasteiger partial charge in [0.05, 0.1) is 16.8 Å². The van der Waals surface area contributed by atoms with Gasteiger partial charge in [-0.25, -0.2) is 4.79 Å². The summed E-state index contributed by atoms with van der Waals surface area (Å²) in [5.74, 6) is -1.36. The van der Waals surface area contributed by atoms with Gasteiger partial charge in [-0.2, -0.15) is 0 Å². The van der Waals surface area contributed by atoms with Crippen LogP contribution in [0.3, 0.4) is 0 Å². The van der Waals surface area contributed by atoms with Crippen LogP contribution in [-0.4, -0.2) is 32.9 Å². The molecule has 2 aromatic carbocycles. The van der Waals surface area contributed by atoms with Gasteiger partial charge in [0.2, 0.25) is 0 Å². The van der Waals surface area contributed by atoms with Crippen molar-refractivity contribution in [1.82, 2.24) is 9.88 Å². The number of aliphatic carboxylic acids is 1. The lowest BCUT2D eigenvalue weighted by molar-refractivity contribution is -0.141. The zero-order valence-corrected chi connectivity index (χ0v) is 16.3. The maximum absolute atomic E-state index is 13.6. The first kappa shape index (κ1) is 19.2. The zero-order valence-electron chi connectivity index (χ0n) is 15.5. The molecule has 5 nitrogen and oxygen atoms in total. The van der Waals surface area contributed by atoms with Gasteiger partial charge in [-0.3, -0.25) is 9.78 Å². The molecule has 1 aliphatic heterocycles. The summed E-state index contributed by atoms with van der Waals surface area (Å²) in [6, 6.07) is 18.9. The molecule has 1 N–H and O–H groups in total. The number of rotatable bonds is 4. The number of hydrogen-bond donors (Lipinski definition) is 1. The third-order valence-electron chi connectivity index (χ3n) is 5.25. The van der Waals surface area contributed by atoms with Crippen LogP contribution in [0.25, 0.3) is 11.1 Å². The minimum Gasteiger partial charge on any atom is -0.480 e. The summed E-state index contributed by atoms with van der Waals surface area (Å²) in [4.78, 5) is 31.3. The highest BCUT2D eigenvalue weighted by molar-refractivity contribution is 6.31. The lowest BCUT2D eigenvalue weighted by Crippen LogP contribution is -2.42. The van der Waals surface area contributed by atoms with E-state index in [0.29, 0.717) is 29.1 Å².